The summed E-state index contributed by atoms with van der Waals surface area (Å²) in [6.45, 7) is 6.27. The molecule has 0 rings (SSSR count). The highest BCUT2D eigenvalue weighted by Gasteiger charge is 2.24. The number of allylic oxidation sites excluding steroid dienone is 16. The van der Waals surface area contributed by atoms with E-state index in [1.165, 1.54) is 83.5 Å². The Hall–Kier alpha value is -3.22. The quantitative estimate of drug-likeness (QED) is 0.0245. The predicted molar refractivity (Wildman–Crippen MR) is 277 cm³/mol. The van der Waals surface area contributed by atoms with Crippen LogP contribution in [-0.2, 0) is 14.3 Å². The maximum absolute atomic E-state index is 13.2. The Morgan fingerprint density at radius 3 is 1.50 bits per heavy atom. The standard InChI is InChI=1S/C58H99NO5/c1-4-7-10-13-16-19-22-25-28-30-31-34-37-40-43-46-49-54(64-58(63)51-48-45-42-39-36-33-27-24-21-18-15-12-9-6-3)52-57(62)59-55(53-60)56(61)50-47-44-41-38-35-32-29-26-23-20-17-14-11-8-5-2/h9-10,12-13,16,18-19,21-22,25,27-28,30-31,33-34,54-56,60-61H,4-8,11,14-15,17,20,23-24,26,29,32,35-53H2,1-3H3,(H,59,62)/b12-9+,13-10+,19-16+,21-18+,25-22+,30-28+,33-27+,34-31+. The minimum atomic E-state index is -0.810. The van der Waals surface area contributed by atoms with Gasteiger partial charge in [-0.05, 0) is 77.0 Å². The summed E-state index contributed by atoms with van der Waals surface area (Å²) in [5.41, 5.74) is 0. The van der Waals surface area contributed by atoms with Crippen molar-refractivity contribution < 1.29 is 24.5 Å². The van der Waals surface area contributed by atoms with Crippen LogP contribution < -0.4 is 5.32 Å². The summed E-state index contributed by atoms with van der Waals surface area (Å²) in [4.78, 5) is 26.2. The average Bonchev–Trinajstić information content (AvgIpc) is 3.29. The van der Waals surface area contributed by atoms with Crippen molar-refractivity contribution in [2.24, 2.45) is 0 Å². The van der Waals surface area contributed by atoms with E-state index in [0.29, 0.717) is 19.3 Å². The molecule has 6 heteroatoms. The molecule has 0 bridgehead atoms. The first kappa shape index (κ1) is 60.8. The Morgan fingerprint density at radius 2 is 0.938 bits per heavy atom. The summed E-state index contributed by atoms with van der Waals surface area (Å²) in [6.07, 6.45) is 67.4. The highest BCUT2D eigenvalue weighted by atomic mass is 16.5. The molecule has 0 aromatic carbocycles. The van der Waals surface area contributed by atoms with Crippen molar-refractivity contribution in [1.29, 1.82) is 0 Å². The van der Waals surface area contributed by atoms with Crippen LogP contribution in [0, 0.1) is 0 Å². The van der Waals surface area contributed by atoms with Gasteiger partial charge in [0.05, 0.1) is 25.2 Å². The van der Waals surface area contributed by atoms with E-state index >= 15 is 0 Å². The van der Waals surface area contributed by atoms with Crippen LogP contribution in [0.1, 0.15) is 233 Å². The number of aliphatic hydroxyl groups is 2. The van der Waals surface area contributed by atoms with Crippen LogP contribution >= 0.6 is 0 Å². The fourth-order valence-electron chi connectivity index (χ4n) is 7.53. The number of unbranched alkanes of at least 4 members (excludes halogenated alkanes) is 22. The smallest absolute Gasteiger partial charge is 0.306 e. The molecule has 0 aliphatic carbocycles. The summed E-state index contributed by atoms with van der Waals surface area (Å²) in [5, 5.41) is 23.8. The molecule has 0 aromatic heterocycles. The Bertz CT molecular complexity index is 1270. The van der Waals surface area contributed by atoms with Crippen LogP contribution in [0.25, 0.3) is 0 Å². The Labute approximate surface area is 395 Å². The minimum Gasteiger partial charge on any atom is -0.462 e. The summed E-state index contributed by atoms with van der Waals surface area (Å²) < 4.78 is 5.91. The van der Waals surface area contributed by atoms with Crippen molar-refractivity contribution >= 4 is 11.9 Å². The molecule has 6 nitrogen and oxygen atoms in total. The fraction of sp³-hybridized carbons (Fsp3) is 0.690. The summed E-state index contributed by atoms with van der Waals surface area (Å²) >= 11 is 0. The van der Waals surface area contributed by atoms with E-state index in [1.807, 2.05) is 36.5 Å². The number of hydrogen-bond donors (Lipinski definition) is 3. The monoisotopic (exact) mass is 890 g/mol. The SMILES string of the molecule is CC/C=C/C/C=C/C/C=C/CCCCCCC(=O)OC(CCCCC/C=C/C=C/C=C/C=C/C=C/CCC)CC(=O)NC(CO)C(O)CCCCCCCCCCCCCCCCC. The summed E-state index contributed by atoms with van der Waals surface area (Å²) in [5.74, 6) is -0.547. The zero-order valence-electron chi connectivity index (χ0n) is 41.6. The topological polar surface area (TPSA) is 95.9 Å². The summed E-state index contributed by atoms with van der Waals surface area (Å²) in [7, 11) is 0. The second-order valence-electron chi connectivity index (χ2n) is 17.7. The lowest BCUT2D eigenvalue weighted by molar-refractivity contribution is -0.151. The molecular weight excluding hydrogens is 791 g/mol. The predicted octanol–water partition coefficient (Wildman–Crippen LogP) is 16.1. The van der Waals surface area contributed by atoms with Crippen molar-refractivity contribution in [1.82, 2.24) is 5.32 Å². The highest BCUT2D eigenvalue weighted by Crippen LogP contribution is 2.17. The fourth-order valence-corrected chi connectivity index (χ4v) is 7.53. The molecule has 0 saturated carbocycles. The second kappa shape index (κ2) is 50.8. The van der Waals surface area contributed by atoms with Gasteiger partial charge in [0.1, 0.15) is 6.10 Å². The van der Waals surface area contributed by atoms with Crippen LogP contribution in [0.4, 0.5) is 0 Å². The van der Waals surface area contributed by atoms with Gasteiger partial charge < -0.3 is 20.3 Å². The first-order valence-electron chi connectivity index (χ1n) is 26.5. The zero-order chi connectivity index (χ0) is 46.7. The molecule has 64 heavy (non-hydrogen) atoms. The van der Waals surface area contributed by atoms with E-state index in [1.54, 1.807) is 0 Å². The molecule has 3 N–H and O–H groups in total. The molecule has 3 atom stereocenters. The number of esters is 1. The first-order valence-corrected chi connectivity index (χ1v) is 26.5. The molecule has 0 aromatic rings. The number of nitrogens with one attached hydrogen (secondary N) is 1. The Kier molecular flexibility index (Phi) is 48.2. The number of amides is 1. The molecule has 0 saturated heterocycles. The van der Waals surface area contributed by atoms with Crippen LogP contribution in [0.15, 0.2) is 97.2 Å². The average molecular weight is 890 g/mol. The number of rotatable bonds is 46. The maximum atomic E-state index is 13.2. The molecule has 0 aliphatic heterocycles. The van der Waals surface area contributed by atoms with Gasteiger partial charge in [-0.1, -0.05) is 240 Å². The lowest BCUT2D eigenvalue weighted by Crippen LogP contribution is -2.46. The number of hydrogen-bond acceptors (Lipinski definition) is 5. The van der Waals surface area contributed by atoms with Gasteiger partial charge >= 0.3 is 5.97 Å². The molecule has 0 radical (unpaired) electrons. The van der Waals surface area contributed by atoms with E-state index in [2.05, 4.69) is 86.8 Å². The molecule has 1 amide bonds. The highest BCUT2D eigenvalue weighted by molar-refractivity contribution is 5.77. The van der Waals surface area contributed by atoms with E-state index < -0.39 is 18.2 Å². The molecule has 0 heterocycles. The molecule has 3 unspecified atom stereocenters. The van der Waals surface area contributed by atoms with Crippen molar-refractivity contribution in [3.8, 4) is 0 Å². The Morgan fingerprint density at radius 1 is 0.484 bits per heavy atom. The van der Waals surface area contributed by atoms with Crippen molar-refractivity contribution in [3.63, 3.8) is 0 Å². The maximum Gasteiger partial charge on any atom is 0.306 e. The molecule has 0 fully saturated rings. The molecule has 366 valence electrons. The van der Waals surface area contributed by atoms with Gasteiger partial charge in [-0.3, -0.25) is 9.59 Å². The number of aliphatic hydroxyl groups excluding tert-OH is 2. The van der Waals surface area contributed by atoms with E-state index in [4.69, 9.17) is 4.74 Å². The van der Waals surface area contributed by atoms with E-state index in [0.717, 1.165) is 103 Å². The van der Waals surface area contributed by atoms with Crippen molar-refractivity contribution in [3.05, 3.63) is 97.2 Å². The van der Waals surface area contributed by atoms with Crippen LogP contribution in [0.3, 0.4) is 0 Å². The molecular formula is C58H99NO5. The lowest BCUT2D eigenvalue weighted by atomic mass is 10.0. The van der Waals surface area contributed by atoms with E-state index in [9.17, 15) is 19.8 Å². The van der Waals surface area contributed by atoms with Gasteiger partial charge in [-0.2, -0.15) is 0 Å². The van der Waals surface area contributed by atoms with Gasteiger partial charge in [0.15, 0.2) is 0 Å². The van der Waals surface area contributed by atoms with Gasteiger partial charge in [-0.25, -0.2) is 0 Å². The summed E-state index contributed by atoms with van der Waals surface area (Å²) in [6, 6.07) is -0.727. The number of carbonyl (C=O) groups excluding carboxylic acids is 2. The second-order valence-corrected chi connectivity index (χ2v) is 17.7. The molecule has 0 aliphatic rings. The first-order chi connectivity index (χ1) is 31.5. The third-order valence-corrected chi connectivity index (χ3v) is 11.5. The third kappa shape index (κ3) is 45.4. The van der Waals surface area contributed by atoms with Crippen LogP contribution in [0.2, 0.25) is 0 Å². The number of ether oxygens (including phenoxy) is 1. The van der Waals surface area contributed by atoms with Gasteiger partial charge in [0.2, 0.25) is 5.91 Å². The Balaban J connectivity index is 4.71. The van der Waals surface area contributed by atoms with Gasteiger partial charge in [0, 0.05) is 6.42 Å². The minimum absolute atomic E-state index is 0.0350. The van der Waals surface area contributed by atoms with Crippen molar-refractivity contribution in [2.45, 2.75) is 251 Å². The third-order valence-electron chi connectivity index (χ3n) is 11.5. The normalized spacial score (nSPS) is 14.0. The molecule has 0 spiro atoms. The van der Waals surface area contributed by atoms with Crippen molar-refractivity contribution in [2.75, 3.05) is 6.61 Å². The zero-order valence-corrected chi connectivity index (χ0v) is 41.6. The number of carbonyl (C=O) groups is 2. The van der Waals surface area contributed by atoms with Crippen LogP contribution in [-0.4, -0.2) is 46.9 Å². The largest absolute Gasteiger partial charge is 0.462 e. The van der Waals surface area contributed by atoms with E-state index in [-0.39, 0.29) is 24.9 Å². The van der Waals surface area contributed by atoms with Crippen LogP contribution in [0.5, 0.6) is 0 Å². The lowest BCUT2D eigenvalue weighted by Gasteiger charge is -2.24. The van der Waals surface area contributed by atoms with Gasteiger partial charge in [-0.15, -0.1) is 0 Å². The van der Waals surface area contributed by atoms with Gasteiger partial charge in [0.25, 0.3) is 0 Å².